The fourth-order valence-corrected chi connectivity index (χ4v) is 1.53. The first-order valence-electron chi connectivity index (χ1n) is 5.44. The Morgan fingerprint density at radius 1 is 1.39 bits per heavy atom. The van der Waals surface area contributed by atoms with Gasteiger partial charge in [-0.3, -0.25) is 14.8 Å². The number of nitrogens with zero attached hydrogens (tertiary/aromatic N) is 4. The summed E-state index contributed by atoms with van der Waals surface area (Å²) in [5.41, 5.74) is 7.89. The number of aryl methyl sites for hydroxylation is 1. The van der Waals surface area contributed by atoms with Crippen molar-refractivity contribution in [1.29, 1.82) is 0 Å². The van der Waals surface area contributed by atoms with Gasteiger partial charge in [0, 0.05) is 12.4 Å². The highest BCUT2D eigenvalue weighted by Gasteiger charge is 2.11. The lowest BCUT2D eigenvalue weighted by Crippen LogP contribution is -2.21. The minimum atomic E-state index is -0.244. The predicted molar refractivity (Wildman–Crippen MR) is 66.8 cm³/mol. The van der Waals surface area contributed by atoms with Crippen molar-refractivity contribution in [2.45, 2.75) is 20.4 Å². The lowest BCUT2D eigenvalue weighted by molar-refractivity contribution is -0.117. The maximum atomic E-state index is 11.8. The van der Waals surface area contributed by atoms with Crippen LogP contribution in [0.25, 0.3) is 0 Å². The van der Waals surface area contributed by atoms with Crippen LogP contribution in [-0.2, 0) is 11.3 Å². The molecule has 2 rings (SSSR count). The second-order valence-corrected chi connectivity index (χ2v) is 3.86. The molecule has 0 saturated heterocycles. The van der Waals surface area contributed by atoms with Crippen molar-refractivity contribution in [3.05, 3.63) is 29.8 Å². The van der Waals surface area contributed by atoms with Crippen LogP contribution in [0.5, 0.6) is 0 Å². The first-order valence-corrected chi connectivity index (χ1v) is 5.44. The van der Waals surface area contributed by atoms with Crippen molar-refractivity contribution in [3.8, 4) is 0 Å². The van der Waals surface area contributed by atoms with E-state index in [4.69, 9.17) is 5.73 Å². The van der Waals surface area contributed by atoms with E-state index in [1.54, 1.807) is 30.1 Å². The van der Waals surface area contributed by atoms with E-state index in [1.165, 1.54) is 0 Å². The number of amides is 1. The lowest BCUT2D eigenvalue weighted by Gasteiger charge is -2.05. The molecule has 7 heteroatoms. The maximum absolute atomic E-state index is 11.8. The van der Waals surface area contributed by atoms with Gasteiger partial charge in [0.05, 0.1) is 17.1 Å². The molecular formula is C11H14N6O. The van der Waals surface area contributed by atoms with Gasteiger partial charge >= 0.3 is 0 Å². The van der Waals surface area contributed by atoms with Crippen LogP contribution in [0.15, 0.2) is 18.5 Å². The smallest absolute Gasteiger partial charge is 0.248 e. The predicted octanol–water partition coefficient (Wildman–Crippen LogP) is 0.511. The molecule has 94 valence electrons. The van der Waals surface area contributed by atoms with Crippen molar-refractivity contribution in [1.82, 2.24) is 19.7 Å². The Balaban J connectivity index is 2.06. The molecule has 0 aliphatic rings. The fraction of sp³-hybridized carbons (Fsp3) is 0.273. The van der Waals surface area contributed by atoms with E-state index in [-0.39, 0.29) is 18.4 Å². The third-order valence-corrected chi connectivity index (χ3v) is 2.55. The summed E-state index contributed by atoms with van der Waals surface area (Å²) < 4.78 is 1.56. The van der Waals surface area contributed by atoms with Crippen molar-refractivity contribution >= 4 is 17.5 Å². The van der Waals surface area contributed by atoms with Gasteiger partial charge in [-0.2, -0.15) is 5.10 Å². The highest BCUT2D eigenvalue weighted by molar-refractivity contribution is 5.88. The highest BCUT2D eigenvalue weighted by Crippen LogP contribution is 2.14. The van der Waals surface area contributed by atoms with Crippen molar-refractivity contribution in [2.24, 2.45) is 0 Å². The van der Waals surface area contributed by atoms with E-state index in [0.29, 0.717) is 5.69 Å². The monoisotopic (exact) mass is 246 g/mol. The zero-order chi connectivity index (χ0) is 13.1. The molecule has 0 spiro atoms. The van der Waals surface area contributed by atoms with Crippen LogP contribution in [0.1, 0.15) is 11.4 Å². The van der Waals surface area contributed by atoms with Gasteiger partial charge in [0.25, 0.3) is 0 Å². The standard InChI is InChI=1S/C11H14N6O/c1-7-10(12)8(2)17(16-7)6-9(18)15-11-13-4-3-5-14-11/h3-5H,6,12H2,1-2H3,(H,13,14,15,18). The molecule has 0 unspecified atom stereocenters. The number of anilines is 2. The maximum Gasteiger partial charge on any atom is 0.248 e. The van der Waals surface area contributed by atoms with Crippen LogP contribution in [-0.4, -0.2) is 25.7 Å². The summed E-state index contributed by atoms with van der Waals surface area (Å²) in [4.78, 5) is 19.6. The second-order valence-electron chi connectivity index (χ2n) is 3.86. The van der Waals surface area contributed by atoms with Gasteiger partial charge < -0.3 is 5.73 Å². The van der Waals surface area contributed by atoms with Crippen LogP contribution < -0.4 is 11.1 Å². The summed E-state index contributed by atoms with van der Waals surface area (Å²) >= 11 is 0. The molecule has 2 heterocycles. The normalized spacial score (nSPS) is 10.3. The number of nitrogens with one attached hydrogen (secondary N) is 1. The number of nitrogens with two attached hydrogens (primary N) is 1. The Labute approximate surface area is 104 Å². The Bertz CT molecular complexity index is 562. The molecule has 2 aromatic heterocycles. The Kier molecular flexibility index (Phi) is 3.22. The molecule has 0 fully saturated rings. The molecule has 2 aromatic rings. The number of nitrogen functional groups attached to an aromatic ring is 1. The first-order chi connectivity index (χ1) is 8.58. The summed E-state index contributed by atoms with van der Waals surface area (Å²) in [6.45, 7) is 3.71. The van der Waals surface area contributed by atoms with Gasteiger partial charge in [-0.15, -0.1) is 0 Å². The van der Waals surface area contributed by atoms with Gasteiger partial charge in [0.15, 0.2) is 0 Å². The third kappa shape index (κ3) is 2.45. The molecule has 0 bridgehead atoms. The highest BCUT2D eigenvalue weighted by atomic mass is 16.2. The van der Waals surface area contributed by atoms with Crippen LogP contribution in [0.3, 0.4) is 0 Å². The summed E-state index contributed by atoms with van der Waals surface area (Å²) in [6.07, 6.45) is 3.12. The molecule has 1 amide bonds. The van der Waals surface area contributed by atoms with Crippen molar-refractivity contribution in [3.63, 3.8) is 0 Å². The molecule has 0 radical (unpaired) electrons. The molecule has 0 aromatic carbocycles. The van der Waals surface area contributed by atoms with Gasteiger partial charge in [-0.25, -0.2) is 9.97 Å². The number of hydrogen-bond donors (Lipinski definition) is 2. The van der Waals surface area contributed by atoms with Gasteiger partial charge in [-0.05, 0) is 19.9 Å². The molecule has 7 nitrogen and oxygen atoms in total. The lowest BCUT2D eigenvalue weighted by atomic mass is 10.3. The van der Waals surface area contributed by atoms with E-state index < -0.39 is 0 Å². The summed E-state index contributed by atoms with van der Waals surface area (Å²) in [5, 5.41) is 6.76. The number of hydrogen-bond acceptors (Lipinski definition) is 5. The quantitative estimate of drug-likeness (QED) is 0.822. The SMILES string of the molecule is Cc1nn(CC(=O)Nc2ncccn2)c(C)c1N. The number of carbonyl (C=O) groups excluding carboxylic acids is 1. The second kappa shape index (κ2) is 4.82. The fourth-order valence-electron chi connectivity index (χ4n) is 1.53. The number of carbonyl (C=O) groups is 1. The topological polar surface area (TPSA) is 98.7 Å². The van der Waals surface area contributed by atoms with Crippen LogP contribution >= 0.6 is 0 Å². The van der Waals surface area contributed by atoms with E-state index in [1.807, 2.05) is 6.92 Å². The molecule has 3 N–H and O–H groups in total. The minimum Gasteiger partial charge on any atom is -0.396 e. The Morgan fingerprint density at radius 3 is 2.61 bits per heavy atom. The average molecular weight is 246 g/mol. The molecule has 0 aliphatic carbocycles. The Morgan fingerprint density at radius 2 is 2.06 bits per heavy atom. The van der Waals surface area contributed by atoms with Gasteiger partial charge in [0.1, 0.15) is 6.54 Å². The summed E-state index contributed by atoms with van der Waals surface area (Å²) in [7, 11) is 0. The van der Waals surface area contributed by atoms with Crippen molar-refractivity contribution in [2.75, 3.05) is 11.1 Å². The largest absolute Gasteiger partial charge is 0.396 e. The average Bonchev–Trinajstić information content (AvgIpc) is 2.58. The summed E-state index contributed by atoms with van der Waals surface area (Å²) in [5.74, 6) is 0.0313. The third-order valence-electron chi connectivity index (χ3n) is 2.55. The zero-order valence-corrected chi connectivity index (χ0v) is 10.2. The Hall–Kier alpha value is -2.44. The first kappa shape index (κ1) is 12.0. The molecule has 0 aliphatic heterocycles. The van der Waals surface area contributed by atoms with Crippen LogP contribution in [0, 0.1) is 13.8 Å². The number of rotatable bonds is 3. The molecule has 18 heavy (non-hydrogen) atoms. The van der Waals surface area contributed by atoms with Crippen LogP contribution in [0.4, 0.5) is 11.6 Å². The van der Waals surface area contributed by atoms with E-state index in [2.05, 4.69) is 20.4 Å². The van der Waals surface area contributed by atoms with Gasteiger partial charge in [0.2, 0.25) is 11.9 Å². The van der Waals surface area contributed by atoms with E-state index in [0.717, 1.165) is 11.4 Å². The van der Waals surface area contributed by atoms with Crippen molar-refractivity contribution < 1.29 is 4.79 Å². The zero-order valence-electron chi connectivity index (χ0n) is 10.2. The summed E-state index contributed by atoms with van der Waals surface area (Å²) in [6, 6.07) is 1.68. The molecule has 0 saturated carbocycles. The molecule has 0 atom stereocenters. The van der Waals surface area contributed by atoms with E-state index in [9.17, 15) is 4.79 Å². The van der Waals surface area contributed by atoms with Gasteiger partial charge in [-0.1, -0.05) is 0 Å². The van der Waals surface area contributed by atoms with Crippen LogP contribution in [0.2, 0.25) is 0 Å². The van der Waals surface area contributed by atoms with E-state index >= 15 is 0 Å². The number of aromatic nitrogens is 4. The molecular weight excluding hydrogens is 232 g/mol. The minimum absolute atomic E-state index is 0.0854.